The molecule has 7 nitrogen and oxygen atoms in total. The molecule has 0 spiro atoms. The van der Waals surface area contributed by atoms with Gasteiger partial charge in [0.1, 0.15) is 5.65 Å². The van der Waals surface area contributed by atoms with E-state index in [-0.39, 0.29) is 17.6 Å². The predicted molar refractivity (Wildman–Crippen MR) is 118 cm³/mol. The number of anilines is 1. The minimum Gasteiger partial charge on any atom is -0.367 e. The molecule has 9 heteroatoms. The van der Waals surface area contributed by atoms with Crippen molar-refractivity contribution >= 4 is 34.4 Å². The van der Waals surface area contributed by atoms with Crippen molar-refractivity contribution < 1.29 is 9.18 Å². The summed E-state index contributed by atoms with van der Waals surface area (Å²) in [6.07, 6.45) is 12.4. The summed E-state index contributed by atoms with van der Waals surface area (Å²) in [6.45, 7) is 1.87. The number of terminal acetylenes is 1. The highest BCUT2D eigenvalue weighted by Crippen LogP contribution is 2.28. The second-order valence-electron chi connectivity index (χ2n) is 7.58. The number of amides is 1. The lowest BCUT2D eigenvalue weighted by atomic mass is 9.97. The van der Waals surface area contributed by atoms with E-state index in [0.29, 0.717) is 48.0 Å². The average molecular weight is 441 g/mol. The van der Waals surface area contributed by atoms with Gasteiger partial charge in [0.05, 0.1) is 11.2 Å². The van der Waals surface area contributed by atoms with Crippen molar-refractivity contribution in [2.24, 2.45) is 5.92 Å². The quantitative estimate of drug-likeness (QED) is 0.568. The van der Waals surface area contributed by atoms with Gasteiger partial charge in [0.2, 0.25) is 5.91 Å². The number of nitrogens with one attached hydrogen (secondary N) is 2. The molecule has 0 saturated carbocycles. The molecular weight excluding hydrogens is 419 g/mol. The molecule has 0 radical (unpaired) electrons. The Hall–Kier alpha value is -3.18. The first-order valence-corrected chi connectivity index (χ1v) is 10.5. The zero-order valence-corrected chi connectivity index (χ0v) is 17.6. The van der Waals surface area contributed by atoms with Crippen LogP contribution in [-0.4, -0.2) is 50.4 Å². The summed E-state index contributed by atoms with van der Waals surface area (Å²) < 4.78 is 14.4. The Labute approximate surface area is 184 Å². The van der Waals surface area contributed by atoms with Crippen LogP contribution in [0.3, 0.4) is 0 Å². The van der Waals surface area contributed by atoms with Crippen molar-refractivity contribution in [3.63, 3.8) is 0 Å². The maximum atomic E-state index is 14.4. The topological polar surface area (TPSA) is 86.8 Å². The zero-order valence-electron chi connectivity index (χ0n) is 16.9. The molecule has 1 aliphatic rings. The maximum absolute atomic E-state index is 14.4. The van der Waals surface area contributed by atoms with E-state index >= 15 is 0 Å². The van der Waals surface area contributed by atoms with Gasteiger partial charge in [-0.15, -0.1) is 12.3 Å². The van der Waals surface area contributed by atoms with Crippen LogP contribution in [0.1, 0.15) is 25.7 Å². The van der Waals surface area contributed by atoms with Crippen LogP contribution in [0.25, 0.3) is 22.4 Å². The first-order valence-electron chi connectivity index (χ1n) is 10.2. The minimum atomic E-state index is -0.530. The fourth-order valence-corrected chi connectivity index (χ4v) is 3.98. The second-order valence-corrected chi connectivity index (χ2v) is 8.01. The van der Waals surface area contributed by atoms with E-state index < -0.39 is 5.82 Å². The normalized spacial score (nSPS) is 16.3. The number of carbonyl (C=O) groups is 1. The Morgan fingerprint density at radius 2 is 2.29 bits per heavy atom. The largest absolute Gasteiger partial charge is 0.367 e. The summed E-state index contributed by atoms with van der Waals surface area (Å²) in [7, 11) is 0. The van der Waals surface area contributed by atoms with Crippen LogP contribution in [0, 0.1) is 24.1 Å². The molecule has 0 unspecified atom stereocenters. The lowest BCUT2D eigenvalue weighted by Gasteiger charge is -2.33. The van der Waals surface area contributed by atoms with Gasteiger partial charge in [0.15, 0.2) is 17.5 Å². The number of fused-ring (bicyclic) bond motifs is 1. The van der Waals surface area contributed by atoms with E-state index in [1.54, 1.807) is 18.5 Å². The van der Waals surface area contributed by atoms with E-state index in [2.05, 4.69) is 31.2 Å². The summed E-state index contributed by atoms with van der Waals surface area (Å²) in [4.78, 5) is 29.9. The molecule has 0 aromatic carbocycles. The highest BCUT2D eigenvalue weighted by Gasteiger charge is 2.23. The van der Waals surface area contributed by atoms with Crippen molar-refractivity contribution in [2.45, 2.75) is 25.7 Å². The fourth-order valence-electron chi connectivity index (χ4n) is 3.82. The molecule has 160 valence electrons. The number of halogens is 2. The van der Waals surface area contributed by atoms with Crippen molar-refractivity contribution in [3.8, 4) is 23.7 Å². The van der Waals surface area contributed by atoms with Crippen molar-refractivity contribution in [1.29, 1.82) is 0 Å². The molecule has 3 aromatic rings. The van der Waals surface area contributed by atoms with Gasteiger partial charge in [0, 0.05) is 55.8 Å². The average Bonchev–Trinajstić information content (AvgIpc) is 3.20. The number of rotatable bonds is 6. The number of aromatic nitrogens is 4. The fraction of sp³-hybridized carbons (Fsp3) is 0.364. The number of hydrogen-bond donors (Lipinski definition) is 2. The molecule has 4 heterocycles. The molecule has 0 aliphatic carbocycles. The highest BCUT2D eigenvalue weighted by molar-refractivity contribution is 6.31. The Morgan fingerprint density at radius 1 is 1.42 bits per heavy atom. The van der Waals surface area contributed by atoms with Crippen LogP contribution in [0.4, 0.5) is 10.2 Å². The SMILES string of the molecule is C#CCCC(=O)N1CCC[C@@H](CNc2nc(-c3c[nH]c4ncc(Cl)cc34)ncc2F)C1. The number of aromatic amines is 1. The Kier molecular flexibility index (Phi) is 6.33. The van der Waals surface area contributed by atoms with Gasteiger partial charge < -0.3 is 15.2 Å². The predicted octanol–water partition coefficient (Wildman–Crippen LogP) is 3.88. The maximum Gasteiger partial charge on any atom is 0.223 e. The van der Waals surface area contributed by atoms with Crippen LogP contribution in [0.5, 0.6) is 0 Å². The smallest absolute Gasteiger partial charge is 0.223 e. The summed E-state index contributed by atoms with van der Waals surface area (Å²) >= 11 is 6.06. The lowest BCUT2D eigenvalue weighted by molar-refractivity contribution is -0.132. The Balaban J connectivity index is 1.46. The van der Waals surface area contributed by atoms with Gasteiger partial charge in [-0.1, -0.05) is 11.6 Å². The number of nitrogens with zero attached hydrogens (tertiary/aromatic N) is 4. The molecule has 1 saturated heterocycles. The Morgan fingerprint density at radius 3 is 3.13 bits per heavy atom. The van der Waals surface area contributed by atoms with Gasteiger partial charge in [-0.25, -0.2) is 19.3 Å². The third-order valence-electron chi connectivity index (χ3n) is 5.40. The van der Waals surface area contributed by atoms with Gasteiger partial charge in [-0.05, 0) is 24.8 Å². The molecule has 1 atom stereocenters. The van der Waals surface area contributed by atoms with Crippen LogP contribution in [0.2, 0.25) is 5.02 Å². The molecule has 1 amide bonds. The third-order valence-corrected chi connectivity index (χ3v) is 5.60. The molecule has 1 fully saturated rings. The van der Waals surface area contributed by atoms with Crippen molar-refractivity contribution in [2.75, 3.05) is 25.0 Å². The van der Waals surface area contributed by atoms with E-state index in [1.807, 2.05) is 4.90 Å². The number of carbonyl (C=O) groups excluding carboxylic acids is 1. The summed E-state index contributed by atoms with van der Waals surface area (Å²) in [5, 5.41) is 4.35. The van der Waals surface area contributed by atoms with Crippen LogP contribution >= 0.6 is 11.6 Å². The molecule has 3 aromatic heterocycles. The number of likely N-dealkylation sites (tertiary alicyclic amines) is 1. The third kappa shape index (κ3) is 4.78. The molecule has 2 N–H and O–H groups in total. The summed E-state index contributed by atoms with van der Waals surface area (Å²) in [5.74, 6) is 2.75. The van der Waals surface area contributed by atoms with Gasteiger partial charge in [-0.3, -0.25) is 4.79 Å². The molecule has 0 bridgehead atoms. The van der Waals surface area contributed by atoms with Gasteiger partial charge in [-0.2, -0.15) is 0 Å². The molecule has 31 heavy (non-hydrogen) atoms. The molecule has 1 aliphatic heterocycles. The van der Waals surface area contributed by atoms with Crippen molar-refractivity contribution in [1.82, 2.24) is 24.8 Å². The number of pyridine rings is 1. The Bertz CT molecular complexity index is 1140. The first-order chi connectivity index (χ1) is 15.0. The summed E-state index contributed by atoms with van der Waals surface area (Å²) in [6, 6.07) is 1.77. The van der Waals surface area contributed by atoms with Crippen LogP contribution in [0.15, 0.2) is 24.7 Å². The lowest BCUT2D eigenvalue weighted by Crippen LogP contribution is -2.41. The van der Waals surface area contributed by atoms with Crippen LogP contribution < -0.4 is 5.32 Å². The summed E-state index contributed by atoms with van der Waals surface area (Å²) in [5.41, 5.74) is 1.34. The van der Waals surface area contributed by atoms with E-state index in [9.17, 15) is 9.18 Å². The second kappa shape index (κ2) is 9.31. The first kappa shape index (κ1) is 21.1. The molecular formula is C22H22ClFN6O. The minimum absolute atomic E-state index is 0.0739. The standard InChI is InChI=1S/C22H22ClFN6O/c1-2-3-6-19(31)30-7-4-5-14(13-30)9-25-22-18(24)12-28-21(29-22)17-11-27-20-16(17)8-15(23)10-26-20/h1,8,10-12,14H,3-7,9,13H2,(H,26,27)(H,25,28,29)/t14-/m0/s1. The zero-order chi connectivity index (χ0) is 21.8. The number of H-pyrrole nitrogens is 1. The van der Waals surface area contributed by atoms with E-state index in [4.69, 9.17) is 18.0 Å². The monoisotopic (exact) mass is 440 g/mol. The van der Waals surface area contributed by atoms with Gasteiger partial charge >= 0.3 is 0 Å². The number of hydrogen-bond acceptors (Lipinski definition) is 5. The molecule has 4 rings (SSSR count). The van der Waals surface area contributed by atoms with Crippen LogP contribution in [-0.2, 0) is 4.79 Å². The van der Waals surface area contributed by atoms with E-state index in [0.717, 1.165) is 31.0 Å². The number of piperidine rings is 1. The van der Waals surface area contributed by atoms with E-state index in [1.165, 1.54) is 0 Å². The highest BCUT2D eigenvalue weighted by atomic mass is 35.5. The van der Waals surface area contributed by atoms with Crippen molar-refractivity contribution in [3.05, 3.63) is 35.5 Å². The van der Waals surface area contributed by atoms with Gasteiger partial charge in [0.25, 0.3) is 0 Å².